The van der Waals surface area contributed by atoms with E-state index < -0.39 is 0 Å². The second-order valence-electron chi connectivity index (χ2n) is 4.41. The molecule has 0 aliphatic carbocycles. The Bertz CT molecular complexity index is 824. The molecular formula is C15H11FN2S. The first kappa shape index (κ1) is 12.0. The number of aromatic nitrogens is 2. The number of hydrogen-bond acceptors (Lipinski definition) is 2. The van der Waals surface area contributed by atoms with Gasteiger partial charge in [-0.2, -0.15) is 5.10 Å². The molecule has 0 radical (unpaired) electrons. The van der Waals surface area contributed by atoms with E-state index in [0.29, 0.717) is 15.9 Å². The maximum Gasteiger partial charge on any atom is 0.127 e. The SMILES string of the molecule is Cc1ccc(-c2n[nH]c(=S)c3ccccc23)cc1F. The predicted molar refractivity (Wildman–Crippen MR) is 77.1 cm³/mol. The van der Waals surface area contributed by atoms with Crippen molar-refractivity contribution in [2.45, 2.75) is 6.92 Å². The lowest BCUT2D eigenvalue weighted by atomic mass is 10.0. The number of benzene rings is 2. The maximum atomic E-state index is 13.7. The fourth-order valence-corrected chi connectivity index (χ4v) is 2.30. The molecule has 2 nitrogen and oxygen atoms in total. The summed E-state index contributed by atoms with van der Waals surface area (Å²) in [6.45, 7) is 1.74. The monoisotopic (exact) mass is 270 g/mol. The summed E-state index contributed by atoms with van der Waals surface area (Å²) in [7, 11) is 0. The second kappa shape index (κ2) is 4.55. The fourth-order valence-electron chi connectivity index (χ4n) is 2.07. The van der Waals surface area contributed by atoms with E-state index in [2.05, 4.69) is 10.2 Å². The molecule has 0 atom stereocenters. The molecule has 3 rings (SSSR count). The molecule has 19 heavy (non-hydrogen) atoms. The summed E-state index contributed by atoms with van der Waals surface area (Å²) >= 11 is 5.22. The van der Waals surface area contributed by atoms with Crippen molar-refractivity contribution in [3.63, 3.8) is 0 Å². The van der Waals surface area contributed by atoms with Crippen LogP contribution in [0, 0.1) is 17.4 Å². The third-order valence-corrected chi connectivity index (χ3v) is 3.45. The number of fused-ring (bicyclic) bond motifs is 1. The number of rotatable bonds is 1. The molecule has 94 valence electrons. The predicted octanol–water partition coefficient (Wildman–Crippen LogP) is 4.41. The van der Waals surface area contributed by atoms with Crippen LogP contribution in [-0.4, -0.2) is 10.2 Å². The maximum absolute atomic E-state index is 13.7. The van der Waals surface area contributed by atoms with Gasteiger partial charge >= 0.3 is 0 Å². The van der Waals surface area contributed by atoms with Crippen LogP contribution < -0.4 is 0 Å². The summed E-state index contributed by atoms with van der Waals surface area (Å²) in [5.74, 6) is -0.231. The van der Waals surface area contributed by atoms with Gasteiger partial charge in [0.15, 0.2) is 0 Å². The molecule has 0 bridgehead atoms. The van der Waals surface area contributed by atoms with Crippen LogP contribution in [-0.2, 0) is 0 Å². The zero-order valence-corrected chi connectivity index (χ0v) is 11.1. The highest BCUT2D eigenvalue weighted by atomic mass is 32.1. The third kappa shape index (κ3) is 2.04. The number of aromatic amines is 1. The van der Waals surface area contributed by atoms with Crippen molar-refractivity contribution in [3.05, 3.63) is 58.5 Å². The van der Waals surface area contributed by atoms with Gasteiger partial charge in [-0.15, -0.1) is 0 Å². The first-order chi connectivity index (χ1) is 9.16. The lowest BCUT2D eigenvalue weighted by Gasteiger charge is -2.06. The Morgan fingerprint density at radius 3 is 2.58 bits per heavy atom. The van der Waals surface area contributed by atoms with Crippen molar-refractivity contribution in [3.8, 4) is 11.3 Å². The average molecular weight is 270 g/mol. The summed E-state index contributed by atoms with van der Waals surface area (Å²) in [6.07, 6.45) is 0. The van der Waals surface area contributed by atoms with E-state index in [0.717, 1.165) is 16.3 Å². The Morgan fingerprint density at radius 1 is 1.11 bits per heavy atom. The van der Waals surface area contributed by atoms with Crippen LogP contribution in [0.1, 0.15) is 5.56 Å². The first-order valence-corrected chi connectivity index (χ1v) is 6.31. The van der Waals surface area contributed by atoms with E-state index in [-0.39, 0.29) is 5.82 Å². The molecule has 4 heteroatoms. The van der Waals surface area contributed by atoms with Crippen molar-refractivity contribution >= 4 is 23.0 Å². The summed E-state index contributed by atoms with van der Waals surface area (Å²) in [6, 6.07) is 12.8. The highest BCUT2D eigenvalue weighted by Gasteiger charge is 2.08. The van der Waals surface area contributed by atoms with Crippen molar-refractivity contribution in [1.29, 1.82) is 0 Å². The second-order valence-corrected chi connectivity index (χ2v) is 4.82. The van der Waals surface area contributed by atoms with Gasteiger partial charge in [0.05, 0.1) is 5.69 Å². The molecule has 0 unspecified atom stereocenters. The molecular weight excluding hydrogens is 259 g/mol. The van der Waals surface area contributed by atoms with Crippen LogP contribution >= 0.6 is 12.2 Å². The van der Waals surface area contributed by atoms with Crippen molar-refractivity contribution in [2.75, 3.05) is 0 Å². The zero-order valence-electron chi connectivity index (χ0n) is 10.3. The quantitative estimate of drug-likeness (QED) is 0.664. The molecule has 0 aliphatic rings. The van der Waals surface area contributed by atoms with E-state index >= 15 is 0 Å². The van der Waals surface area contributed by atoms with E-state index in [4.69, 9.17) is 12.2 Å². The molecule has 0 saturated heterocycles. The molecule has 0 amide bonds. The molecule has 2 aromatic carbocycles. The number of aryl methyl sites for hydroxylation is 1. The average Bonchev–Trinajstić information content (AvgIpc) is 2.43. The molecule has 3 aromatic rings. The lowest BCUT2D eigenvalue weighted by Crippen LogP contribution is -1.92. The van der Waals surface area contributed by atoms with Crippen LogP contribution in [0.15, 0.2) is 42.5 Å². The Balaban J connectivity index is 2.34. The standard InChI is InChI=1S/C15H11FN2S/c1-9-6-7-10(8-13(9)16)14-11-4-2-3-5-12(11)15(19)18-17-14/h2-8H,1H3,(H,18,19). The van der Waals surface area contributed by atoms with Crippen molar-refractivity contribution in [1.82, 2.24) is 10.2 Å². The summed E-state index contributed by atoms with van der Waals surface area (Å²) in [5, 5.41) is 8.91. The van der Waals surface area contributed by atoms with Gasteiger partial charge in [-0.1, -0.05) is 48.6 Å². The van der Waals surface area contributed by atoms with Gasteiger partial charge in [0.2, 0.25) is 0 Å². The lowest BCUT2D eigenvalue weighted by molar-refractivity contribution is 0.619. The van der Waals surface area contributed by atoms with Crippen LogP contribution in [0.4, 0.5) is 4.39 Å². The van der Waals surface area contributed by atoms with E-state index in [9.17, 15) is 4.39 Å². The van der Waals surface area contributed by atoms with Gasteiger partial charge in [0.25, 0.3) is 0 Å². The fraction of sp³-hybridized carbons (Fsp3) is 0.0667. The number of halogens is 1. The summed E-state index contributed by atoms with van der Waals surface area (Å²) < 4.78 is 14.3. The summed E-state index contributed by atoms with van der Waals surface area (Å²) in [4.78, 5) is 0. The van der Waals surface area contributed by atoms with Gasteiger partial charge in [-0.25, -0.2) is 4.39 Å². The minimum absolute atomic E-state index is 0.231. The highest BCUT2D eigenvalue weighted by Crippen LogP contribution is 2.27. The van der Waals surface area contributed by atoms with Crippen LogP contribution in [0.2, 0.25) is 0 Å². The number of nitrogens with zero attached hydrogens (tertiary/aromatic N) is 1. The van der Waals surface area contributed by atoms with E-state index in [1.165, 1.54) is 6.07 Å². The van der Waals surface area contributed by atoms with Crippen LogP contribution in [0.3, 0.4) is 0 Å². The topological polar surface area (TPSA) is 28.7 Å². The van der Waals surface area contributed by atoms with Crippen molar-refractivity contribution < 1.29 is 4.39 Å². The minimum Gasteiger partial charge on any atom is -0.267 e. The van der Waals surface area contributed by atoms with E-state index in [1.807, 2.05) is 30.3 Å². The van der Waals surface area contributed by atoms with Gasteiger partial charge in [0, 0.05) is 16.3 Å². The van der Waals surface area contributed by atoms with Gasteiger partial charge in [0.1, 0.15) is 10.5 Å². The summed E-state index contributed by atoms with van der Waals surface area (Å²) in [5.41, 5.74) is 2.07. The Labute approximate surface area is 114 Å². The van der Waals surface area contributed by atoms with Gasteiger partial charge in [-0.05, 0) is 18.6 Å². The van der Waals surface area contributed by atoms with Gasteiger partial charge in [-0.3, -0.25) is 5.10 Å². The largest absolute Gasteiger partial charge is 0.267 e. The first-order valence-electron chi connectivity index (χ1n) is 5.91. The number of hydrogen-bond donors (Lipinski definition) is 1. The smallest absolute Gasteiger partial charge is 0.127 e. The third-order valence-electron chi connectivity index (χ3n) is 3.14. The molecule has 1 heterocycles. The number of nitrogens with one attached hydrogen (secondary N) is 1. The molecule has 0 fully saturated rings. The van der Waals surface area contributed by atoms with Crippen LogP contribution in [0.25, 0.3) is 22.0 Å². The molecule has 0 aliphatic heterocycles. The molecule has 1 aromatic heterocycles. The Kier molecular flexibility index (Phi) is 2.87. The zero-order chi connectivity index (χ0) is 13.4. The Morgan fingerprint density at radius 2 is 1.84 bits per heavy atom. The molecule has 1 N–H and O–H groups in total. The molecule has 0 spiro atoms. The van der Waals surface area contributed by atoms with Gasteiger partial charge < -0.3 is 0 Å². The normalized spacial score (nSPS) is 10.8. The highest BCUT2D eigenvalue weighted by molar-refractivity contribution is 7.71. The van der Waals surface area contributed by atoms with Crippen molar-refractivity contribution in [2.24, 2.45) is 0 Å². The van der Waals surface area contributed by atoms with Crippen LogP contribution in [0.5, 0.6) is 0 Å². The number of H-pyrrole nitrogens is 1. The minimum atomic E-state index is -0.231. The molecule has 0 saturated carbocycles. The Hall–Kier alpha value is -2.07. The van der Waals surface area contributed by atoms with E-state index in [1.54, 1.807) is 13.0 Å².